The first-order valence-electron chi connectivity index (χ1n) is 9.45. The van der Waals surface area contributed by atoms with Gasteiger partial charge in [-0.15, -0.1) is 0 Å². The highest BCUT2D eigenvalue weighted by atomic mass is 16.5. The normalized spacial score (nSPS) is 21.0. The average Bonchev–Trinajstić information content (AvgIpc) is 2.61. The Morgan fingerprint density at radius 2 is 1.70 bits per heavy atom. The maximum Gasteiger partial charge on any atom is 0.0991 e. The van der Waals surface area contributed by atoms with E-state index in [9.17, 15) is 0 Å². The number of rotatable bonds is 9. The highest BCUT2D eigenvalue weighted by Crippen LogP contribution is 2.32. The van der Waals surface area contributed by atoms with Crippen LogP contribution in [0.15, 0.2) is 24.3 Å². The first-order valence-corrected chi connectivity index (χ1v) is 9.45. The van der Waals surface area contributed by atoms with Crippen LogP contribution >= 0.6 is 0 Å². The van der Waals surface area contributed by atoms with Crippen LogP contribution in [0.3, 0.4) is 0 Å². The number of nitriles is 1. The number of hydrogen-bond donors (Lipinski definition) is 0. The van der Waals surface area contributed by atoms with Crippen LogP contribution in [0.5, 0.6) is 0 Å². The Labute approximate surface area is 141 Å². The minimum Gasteiger partial charge on any atom is -0.373 e. The van der Waals surface area contributed by atoms with Crippen molar-refractivity contribution in [1.82, 2.24) is 0 Å². The molecule has 2 nitrogen and oxygen atoms in total. The molecule has 0 spiro atoms. The van der Waals surface area contributed by atoms with Crippen LogP contribution in [0.25, 0.3) is 0 Å². The molecule has 0 radical (unpaired) electrons. The summed E-state index contributed by atoms with van der Waals surface area (Å²) in [6.07, 6.45) is 13.7. The maximum atomic E-state index is 8.86. The molecule has 0 saturated carbocycles. The summed E-state index contributed by atoms with van der Waals surface area (Å²) in [5.41, 5.74) is 1.94. The van der Waals surface area contributed by atoms with Crippen LogP contribution < -0.4 is 0 Å². The standard InChI is InChI=1S/C21H31NO/c1-2-3-4-5-6-7-8-9-19-12-15-21(23-17-19)20-13-10-18(16-22)11-14-20/h10-11,13-14,19,21H,2-9,12,15,17H2,1H3. The third-order valence-electron chi connectivity index (χ3n) is 5.00. The summed E-state index contributed by atoms with van der Waals surface area (Å²) < 4.78 is 6.08. The molecule has 1 aromatic rings. The van der Waals surface area contributed by atoms with Gasteiger partial charge in [-0.1, -0.05) is 64.0 Å². The molecule has 0 bridgehead atoms. The largest absolute Gasteiger partial charge is 0.373 e. The third kappa shape index (κ3) is 6.36. The fraction of sp³-hybridized carbons (Fsp3) is 0.667. The van der Waals surface area contributed by atoms with E-state index in [0.29, 0.717) is 0 Å². The topological polar surface area (TPSA) is 33.0 Å². The van der Waals surface area contributed by atoms with Crippen molar-refractivity contribution in [3.05, 3.63) is 35.4 Å². The zero-order valence-corrected chi connectivity index (χ0v) is 14.6. The maximum absolute atomic E-state index is 8.86. The van der Waals surface area contributed by atoms with Crippen molar-refractivity contribution in [3.8, 4) is 6.07 Å². The summed E-state index contributed by atoms with van der Waals surface area (Å²) in [5, 5.41) is 8.86. The van der Waals surface area contributed by atoms with Gasteiger partial charge >= 0.3 is 0 Å². The molecular weight excluding hydrogens is 282 g/mol. The van der Waals surface area contributed by atoms with E-state index in [1.807, 2.05) is 24.3 Å². The molecule has 1 heterocycles. The smallest absolute Gasteiger partial charge is 0.0991 e. The predicted molar refractivity (Wildman–Crippen MR) is 95.2 cm³/mol. The SMILES string of the molecule is CCCCCCCCCC1CCC(c2ccc(C#N)cc2)OC1. The fourth-order valence-electron chi connectivity index (χ4n) is 3.46. The molecule has 1 aliphatic rings. The molecule has 0 amide bonds. The first kappa shape index (κ1) is 18.0. The van der Waals surface area contributed by atoms with E-state index >= 15 is 0 Å². The second-order valence-electron chi connectivity index (χ2n) is 6.91. The van der Waals surface area contributed by atoms with E-state index in [-0.39, 0.29) is 6.10 Å². The monoisotopic (exact) mass is 313 g/mol. The van der Waals surface area contributed by atoms with Crippen molar-refractivity contribution in [2.45, 2.75) is 77.2 Å². The van der Waals surface area contributed by atoms with E-state index in [1.165, 1.54) is 63.4 Å². The molecule has 1 aliphatic heterocycles. The van der Waals surface area contributed by atoms with Crippen LogP contribution in [-0.2, 0) is 4.74 Å². The zero-order valence-electron chi connectivity index (χ0n) is 14.6. The molecule has 2 atom stereocenters. The van der Waals surface area contributed by atoms with Gasteiger partial charge in [0.15, 0.2) is 0 Å². The summed E-state index contributed by atoms with van der Waals surface area (Å²) in [5.74, 6) is 0.750. The van der Waals surface area contributed by atoms with Gasteiger partial charge < -0.3 is 4.74 Å². The number of nitrogens with zero attached hydrogens (tertiary/aromatic N) is 1. The second-order valence-corrected chi connectivity index (χ2v) is 6.91. The minimum absolute atomic E-state index is 0.230. The Morgan fingerprint density at radius 1 is 1.00 bits per heavy atom. The quantitative estimate of drug-likeness (QED) is 0.511. The molecular formula is C21H31NO. The lowest BCUT2D eigenvalue weighted by Gasteiger charge is -2.29. The summed E-state index contributed by atoms with van der Waals surface area (Å²) >= 11 is 0. The van der Waals surface area contributed by atoms with Gasteiger partial charge in [0.1, 0.15) is 0 Å². The van der Waals surface area contributed by atoms with E-state index in [0.717, 1.165) is 24.5 Å². The highest BCUT2D eigenvalue weighted by Gasteiger charge is 2.22. The zero-order chi connectivity index (χ0) is 16.3. The Bertz CT molecular complexity index is 466. The molecule has 1 saturated heterocycles. The number of ether oxygens (including phenoxy) is 1. The number of benzene rings is 1. The molecule has 2 heteroatoms. The van der Waals surface area contributed by atoms with E-state index in [2.05, 4.69) is 13.0 Å². The van der Waals surface area contributed by atoms with Gasteiger partial charge in [0.25, 0.3) is 0 Å². The molecule has 23 heavy (non-hydrogen) atoms. The van der Waals surface area contributed by atoms with Crippen molar-refractivity contribution >= 4 is 0 Å². The lowest BCUT2D eigenvalue weighted by atomic mass is 9.90. The number of unbranched alkanes of at least 4 members (excludes halogenated alkanes) is 6. The van der Waals surface area contributed by atoms with Gasteiger partial charge in [0.2, 0.25) is 0 Å². The van der Waals surface area contributed by atoms with E-state index in [1.54, 1.807) is 0 Å². The molecule has 0 aliphatic carbocycles. The minimum atomic E-state index is 0.230. The highest BCUT2D eigenvalue weighted by molar-refractivity contribution is 5.32. The van der Waals surface area contributed by atoms with Crippen molar-refractivity contribution in [3.63, 3.8) is 0 Å². The van der Waals surface area contributed by atoms with Crippen LogP contribution in [0, 0.1) is 17.2 Å². The summed E-state index contributed by atoms with van der Waals surface area (Å²) in [4.78, 5) is 0. The molecule has 2 rings (SSSR count). The van der Waals surface area contributed by atoms with E-state index in [4.69, 9.17) is 10.00 Å². The van der Waals surface area contributed by atoms with Crippen LogP contribution in [0.2, 0.25) is 0 Å². The Balaban J connectivity index is 1.59. The van der Waals surface area contributed by atoms with Gasteiger partial charge in [-0.3, -0.25) is 0 Å². The summed E-state index contributed by atoms with van der Waals surface area (Å²) in [7, 11) is 0. The molecule has 1 aromatic carbocycles. The van der Waals surface area contributed by atoms with Gasteiger partial charge in [0, 0.05) is 0 Å². The predicted octanol–water partition coefficient (Wildman–Crippen LogP) is 6.17. The van der Waals surface area contributed by atoms with Gasteiger partial charge in [-0.25, -0.2) is 0 Å². The Hall–Kier alpha value is -1.33. The van der Waals surface area contributed by atoms with Gasteiger partial charge in [0.05, 0.1) is 24.3 Å². The lowest BCUT2D eigenvalue weighted by Crippen LogP contribution is -2.20. The molecule has 0 aromatic heterocycles. The summed E-state index contributed by atoms with van der Waals surface area (Å²) in [6, 6.07) is 10.0. The Kier molecular flexibility index (Phi) is 8.18. The third-order valence-corrected chi connectivity index (χ3v) is 5.00. The van der Waals surface area contributed by atoms with Gasteiger partial charge in [-0.2, -0.15) is 5.26 Å². The number of hydrogen-bond acceptors (Lipinski definition) is 2. The summed E-state index contributed by atoms with van der Waals surface area (Å²) in [6.45, 7) is 3.18. The first-order chi connectivity index (χ1) is 11.3. The van der Waals surface area contributed by atoms with Gasteiger partial charge in [-0.05, 0) is 42.9 Å². The average molecular weight is 313 g/mol. The van der Waals surface area contributed by atoms with Crippen molar-refractivity contribution < 1.29 is 4.74 Å². The molecule has 0 N–H and O–H groups in total. The molecule has 126 valence electrons. The fourth-order valence-corrected chi connectivity index (χ4v) is 3.46. The van der Waals surface area contributed by atoms with Crippen molar-refractivity contribution in [2.24, 2.45) is 5.92 Å². The Morgan fingerprint density at radius 3 is 2.30 bits per heavy atom. The van der Waals surface area contributed by atoms with Crippen LogP contribution in [0.4, 0.5) is 0 Å². The van der Waals surface area contributed by atoms with Crippen molar-refractivity contribution in [1.29, 1.82) is 5.26 Å². The van der Waals surface area contributed by atoms with Crippen LogP contribution in [-0.4, -0.2) is 6.61 Å². The molecule has 2 unspecified atom stereocenters. The van der Waals surface area contributed by atoms with Crippen LogP contribution in [0.1, 0.15) is 88.4 Å². The van der Waals surface area contributed by atoms with E-state index < -0.39 is 0 Å². The second kappa shape index (κ2) is 10.4. The van der Waals surface area contributed by atoms with Crippen molar-refractivity contribution in [2.75, 3.05) is 6.61 Å². The molecule has 1 fully saturated rings. The lowest BCUT2D eigenvalue weighted by molar-refractivity contribution is -0.0199.